The van der Waals surface area contributed by atoms with Gasteiger partial charge in [0.25, 0.3) is 0 Å². The van der Waals surface area contributed by atoms with Crippen LogP contribution in [-0.2, 0) is 15.3 Å². The number of nitrogens with one attached hydrogen (secondary N) is 1. The fourth-order valence-electron chi connectivity index (χ4n) is 4.62. The van der Waals surface area contributed by atoms with E-state index in [1.807, 2.05) is 32.9 Å². The van der Waals surface area contributed by atoms with Crippen LogP contribution in [0.4, 0.5) is 0 Å². The molecule has 1 aromatic carbocycles. The Morgan fingerprint density at radius 2 is 1.90 bits per heavy atom. The molecule has 1 saturated heterocycles. The van der Waals surface area contributed by atoms with Crippen molar-refractivity contribution in [1.29, 1.82) is 0 Å². The summed E-state index contributed by atoms with van der Waals surface area (Å²) in [6.07, 6.45) is 4.57. The molecule has 0 unspecified atom stereocenters. The maximum absolute atomic E-state index is 12.4. The summed E-state index contributed by atoms with van der Waals surface area (Å²) in [4.78, 5) is 7.14. The van der Waals surface area contributed by atoms with Gasteiger partial charge >= 0.3 is 0 Å². The lowest BCUT2D eigenvalue weighted by Gasteiger charge is -2.39. The summed E-state index contributed by atoms with van der Waals surface area (Å²) in [5.74, 6) is 1.92. The number of hydrogen-bond acceptors (Lipinski definition) is 4. The quantitative estimate of drug-likeness (QED) is 0.346. The van der Waals surface area contributed by atoms with E-state index in [4.69, 9.17) is 9.73 Å². The number of aliphatic imine (C=N–C) groups is 1. The van der Waals surface area contributed by atoms with Crippen LogP contribution in [0.1, 0.15) is 52.0 Å². The van der Waals surface area contributed by atoms with Crippen LogP contribution in [0.2, 0.25) is 0 Å². The predicted octanol–water partition coefficient (Wildman–Crippen LogP) is 3.60. The normalized spacial score (nSPS) is 22.3. The SMILES string of the molecule is CCNC(=NCC1(c2ccccc2OC)CCCC1)N1CCS(=O)(=O)C(C)(C)C1.I. The van der Waals surface area contributed by atoms with Gasteiger partial charge in [-0.2, -0.15) is 0 Å². The van der Waals surface area contributed by atoms with Crippen LogP contribution in [0, 0.1) is 0 Å². The molecule has 2 aliphatic rings. The third kappa shape index (κ3) is 5.06. The van der Waals surface area contributed by atoms with Gasteiger partial charge in [0.1, 0.15) is 5.75 Å². The van der Waals surface area contributed by atoms with E-state index < -0.39 is 14.6 Å². The molecule has 0 bridgehead atoms. The minimum Gasteiger partial charge on any atom is -0.496 e. The number of rotatable bonds is 5. The van der Waals surface area contributed by atoms with Crippen molar-refractivity contribution in [3.63, 3.8) is 0 Å². The average molecular weight is 550 g/mol. The van der Waals surface area contributed by atoms with E-state index >= 15 is 0 Å². The summed E-state index contributed by atoms with van der Waals surface area (Å²) >= 11 is 0. The van der Waals surface area contributed by atoms with Crippen molar-refractivity contribution in [2.24, 2.45) is 4.99 Å². The van der Waals surface area contributed by atoms with Crippen molar-refractivity contribution in [1.82, 2.24) is 10.2 Å². The number of ether oxygens (including phenoxy) is 1. The Kier molecular flexibility index (Phi) is 8.46. The van der Waals surface area contributed by atoms with Crippen molar-refractivity contribution >= 4 is 39.8 Å². The molecule has 0 atom stereocenters. The van der Waals surface area contributed by atoms with E-state index in [2.05, 4.69) is 22.3 Å². The number of nitrogens with zero attached hydrogens (tertiary/aromatic N) is 2. The molecule has 0 aromatic heterocycles. The minimum absolute atomic E-state index is 0. The molecule has 0 amide bonds. The minimum atomic E-state index is -3.08. The topological polar surface area (TPSA) is 71.0 Å². The number of para-hydroxylation sites is 1. The van der Waals surface area contributed by atoms with Gasteiger partial charge in [-0.15, -0.1) is 24.0 Å². The van der Waals surface area contributed by atoms with Crippen molar-refractivity contribution in [3.05, 3.63) is 29.8 Å². The lowest BCUT2D eigenvalue weighted by molar-refractivity contribution is 0.348. The molecule has 1 saturated carbocycles. The summed E-state index contributed by atoms with van der Waals surface area (Å²) < 4.78 is 29.7. The van der Waals surface area contributed by atoms with E-state index in [1.54, 1.807) is 7.11 Å². The number of methoxy groups -OCH3 is 1. The van der Waals surface area contributed by atoms with Gasteiger partial charge in [-0.05, 0) is 39.7 Å². The second-order valence-electron chi connectivity index (χ2n) is 8.86. The Bertz CT molecular complexity index is 849. The highest BCUT2D eigenvalue weighted by Gasteiger charge is 2.42. The molecule has 6 nitrogen and oxygen atoms in total. The summed E-state index contributed by atoms with van der Waals surface area (Å²) in [6.45, 7) is 8.05. The highest BCUT2D eigenvalue weighted by molar-refractivity contribution is 14.0. The molecule has 2 fully saturated rings. The number of hydrogen-bond donors (Lipinski definition) is 1. The molecule has 8 heteroatoms. The number of benzene rings is 1. The van der Waals surface area contributed by atoms with Gasteiger partial charge in [0.05, 0.1) is 24.2 Å². The van der Waals surface area contributed by atoms with E-state index in [9.17, 15) is 8.42 Å². The molecule has 0 radical (unpaired) electrons. The van der Waals surface area contributed by atoms with E-state index in [1.165, 1.54) is 18.4 Å². The lowest BCUT2D eigenvalue weighted by atomic mass is 9.78. The first-order valence-electron chi connectivity index (χ1n) is 10.6. The van der Waals surface area contributed by atoms with Crippen LogP contribution >= 0.6 is 24.0 Å². The first kappa shape index (κ1) is 25.2. The molecule has 1 aliphatic heterocycles. The summed E-state index contributed by atoms with van der Waals surface area (Å²) in [6, 6.07) is 8.28. The second kappa shape index (κ2) is 10.1. The molecular weight excluding hydrogens is 513 g/mol. The maximum atomic E-state index is 12.4. The van der Waals surface area contributed by atoms with Crippen LogP contribution in [0.3, 0.4) is 0 Å². The second-order valence-corrected chi connectivity index (χ2v) is 11.6. The van der Waals surface area contributed by atoms with Crippen molar-refractivity contribution in [2.45, 2.75) is 56.6 Å². The highest BCUT2D eigenvalue weighted by atomic mass is 127. The molecule has 1 aromatic rings. The van der Waals surface area contributed by atoms with Gasteiger partial charge in [-0.3, -0.25) is 4.99 Å². The zero-order valence-electron chi connectivity index (χ0n) is 18.6. The maximum Gasteiger partial charge on any atom is 0.194 e. The Morgan fingerprint density at radius 1 is 1.23 bits per heavy atom. The van der Waals surface area contributed by atoms with Gasteiger partial charge in [0.2, 0.25) is 0 Å². The smallest absolute Gasteiger partial charge is 0.194 e. The summed E-state index contributed by atoms with van der Waals surface area (Å²) in [7, 11) is -1.35. The van der Waals surface area contributed by atoms with Crippen molar-refractivity contribution in [2.75, 3.05) is 39.0 Å². The van der Waals surface area contributed by atoms with E-state index in [-0.39, 0.29) is 35.1 Å². The Morgan fingerprint density at radius 3 is 2.50 bits per heavy atom. The first-order valence-corrected chi connectivity index (χ1v) is 12.3. The summed E-state index contributed by atoms with van der Waals surface area (Å²) in [5, 5.41) is 3.39. The van der Waals surface area contributed by atoms with Crippen LogP contribution < -0.4 is 10.1 Å². The Hall–Kier alpha value is -1.03. The average Bonchev–Trinajstić information content (AvgIpc) is 3.17. The Balaban J connectivity index is 0.00000320. The number of guanidine groups is 1. The molecule has 0 spiro atoms. The first-order chi connectivity index (χ1) is 13.7. The fourth-order valence-corrected chi connectivity index (χ4v) is 5.99. The standard InChI is InChI=1S/C22H35N3O3S.HI/c1-5-23-20(25-14-15-29(26,27)21(2,3)17-25)24-16-22(12-8-9-13-22)18-10-6-7-11-19(18)28-4;/h6-7,10-11H,5,8-9,12-17H2,1-4H3,(H,23,24);1H. The lowest BCUT2D eigenvalue weighted by Crippen LogP contribution is -2.57. The monoisotopic (exact) mass is 549 g/mol. The van der Waals surface area contributed by atoms with Crippen molar-refractivity contribution < 1.29 is 13.2 Å². The molecule has 1 N–H and O–H groups in total. The molecule has 30 heavy (non-hydrogen) atoms. The largest absolute Gasteiger partial charge is 0.496 e. The Labute approximate surface area is 198 Å². The van der Waals surface area contributed by atoms with E-state index in [0.29, 0.717) is 19.6 Å². The van der Waals surface area contributed by atoms with Gasteiger partial charge in [-0.25, -0.2) is 8.42 Å². The van der Waals surface area contributed by atoms with Gasteiger partial charge < -0.3 is 15.0 Å². The van der Waals surface area contributed by atoms with Crippen LogP contribution in [0.5, 0.6) is 5.75 Å². The molecule has 170 valence electrons. The molecular formula is C22H36IN3O3S. The molecule has 1 heterocycles. The van der Waals surface area contributed by atoms with Gasteiger partial charge in [0, 0.05) is 30.6 Å². The van der Waals surface area contributed by atoms with Crippen molar-refractivity contribution in [3.8, 4) is 5.75 Å². The zero-order chi connectivity index (χ0) is 21.1. The number of halogens is 1. The van der Waals surface area contributed by atoms with Crippen LogP contribution in [0.25, 0.3) is 0 Å². The third-order valence-electron chi connectivity index (χ3n) is 6.45. The fraction of sp³-hybridized carbons (Fsp3) is 0.682. The molecule has 3 rings (SSSR count). The van der Waals surface area contributed by atoms with Crippen LogP contribution in [0.15, 0.2) is 29.3 Å². The zero-order valence-corrected chi connectivity index (χ0v) is 21.8. The van der Waals surface area contributed by atoms with Gasteiger partial charge in [-0.1, -0.05) is 31.0 Å². The summed E-state index contributed by atoms with van der Waals surface area (Å²) in [5.41, 5.74) is 1.21. The third-order valence-corrected chi connectivity index (χ3v) is 8.98. The van der Waals surface area contributed by atoms with Gasteiger partial charge in [0.15, 0.2) is 15.8 Å². The van der Waals surface area contributed by atoms with Crippen LogP contribution in [-0.4, -0.2) is 63.1 Å². The van der Waals surface area contributed by atoms with E-state index in [0.717, 1.165) is 31.1 Å². The molecule has 1 aliphatic carbocycles. The predicted molar refractivity (Wildman–Crippen MR) is 134 cm³/mol. The number of sulfone groups is 1. The highest BCUT2D eigenvalue weighted by Crippen LogP contribution is 2.45.